The molecule has 2 aliphatic carbocycles. The Balaban J connectivity index is 0.0000000936. The van der Waals surface area contributed by atoms with E-state index in [1.54, 1.807) is 0 Å². The van der Waals surface area contributed by atoms with Gasteiger partial charge in [-0.1, -0.05) is 228 Å². The van der Waals surface area contributed by atoms with Gasteiger partial charge in [0, 0.05) is 99.8 Å². The van der Waals surface area contributed by atoms with Gasteiger partial charge in [-0.25, -0.2) is 19.9 Å². The first-order valence-electron chi connectivity index (χ1n) is 50.7. The average Bonchev–Trinajstić information content (AvgIpc) is 1.52. The molecule has 14 aromatic heterocycles. The molecule has 0 radical (unpaired) electrons. The van der Waals surface area contributed by atoms with Gasteiger partial charge in [-0.05, 0) is 88.0 Å². The maximum absolute atomic E-state index is 5.35. The van der Waals surface area contributed by atoms with Crippen molar-refractivity contribution in [3.8, 4) is 79.2 Å². The van der Waals surface area contributed by atoms with E-state index in [2.05, 4.69) is 408 Å². The molecule has 0 bridgehead atoms. The monoisotopic (exact) mass is 2050 g/mol. The predicted octanol–water partition coefficient (Wildman–Crippen LogP) is 32.3. The van der Waals surface area contributed by atoms with Gasteiger partial charge in [-0.15, -0.1) is 0 Å². The second-order valence-corrected chi connectivity index (χ2v) is 44.3. The summed E-state index contributed by atoms with van der Waals surface area (Å²) < 4.78 is 15.3. The van der Waals surface area contributed by atoms with Crippen LogP contribution < -0.4 is 0 Å². The van der Waals surface area contributed by atoms with Crippen molar-refractivity contribution in [3.63, 3.8) is 0 Å². The van der Waals surface area contributed by atoms with Crippen molar-refractivity contribution in [2.24, 2.45) is 0 Å². The van der Waals surface area contributed by atoms with Gasteiger partial charge in [0.2, 0.25) is 0 Å². The van der Waals surface area contributed by atoms with Crippen LogP contribution in [0.2, 0.25) is 0 Å². The minimum atomic E-state index is -0.211. The Morgan fingerprint density at radius 1 is 0.240 bits per heavy atom. The van der Waals surface area contributed by atoms with E-state index in [0.717, 1.165) is 112 Å². The molecular formula is C134H86N14Se2. The normalized spacial score (nSPS) is 12.9. The molecule has 704 valence electrons. The molecule has 17 aromatic carbocycles. The Labute approximate surface area is 871 Å². The molecule has 31 aromatic rings. The molecule has 33 rings (SSSR count). The van der Waals surface area contributed by atoms with Gasteiger partial charge in [-0.3, -0.25) is 14.5 Å². The number of para-hydroxylation sites is 5. The Morgan fingerprint density at radius 2 is 0.613 bits per heavy atom. The van der Waals surface area contributed by atoms with E-state index in [1.807, 2.05) is 98.1 Å². The van der Waals surface area contributed by atoms with Crippen LogP contribution in [0, 0.1) is 0 Å². The molecule has 0 atom stereocenters. The van der Waals surface area contributed by atoms with Crippen molar-refractivity contribution in [1.82, 2.24) is 68.1 Å². The zero-order chi connectivity index (χ0) is 99.3. The van der Waals surface area contributed by atoms with Gasteiger partial charge < -0.3 is 4.57 Å². The SMILES string of the molecule is CC1(C)c2ccccc2-c2c1c1ncccc1c1c3ccccc3n(-c3ccc4nc(-c5ccccc5)nc(-c5ccccc5)c4c3)c21.CC1(C)c2ccccc2-c2c1c1ncccc1c1c3ccccc3n(-c3nc(-c4ccccc4)nc4ccccc34)c21.c1ccc2c(c1)[se]c1c3ncccc3c3c4ccccc4n(-c4ccncc4)c3c21.c1cncc(-n2c3ccccc3c3c4cccnc4c4[se]c5ccccc5c4c32)c1. The van der Waals surface area contributed by atoms with Crippen molar-refractivity contribution in [3.05, 3.63) is 472 Å². The molecule has 0 fully saturated rings. The fraction of sp³-hybridized carbons (Fsp3) is 0.0448. The van der Waals surface area contributed by atoms with Crippen LogP contribution >= 0.6 is 0 Å². The molecule has 150 heavy (non-hydrogen) atoms. The van der Waals surface area contributed by atoms with E-state index in [9.17, 15) is 0 Å². The molecule has 14 nitrogen and oxygen atoms in total. The third-order valence-electron chi connectivity index (χ3n) is 31.0. The number of hydrogen-bond acceptors (Lipinski definition) is 10. The average molecular weight is 2050 g/mol. The van der Waals surface area contributed by atoms with Gasteiger partial charge in [0.05, 0.1) is 49.8 Å². The van der Waals surface area contributed by atoms with E-state index in [-0.39, 0.29) is 39.8 Å². The van der Waals surface area contributed by atoms with E-state index >= 15 is 0 Å². The van der Waals surface area contributed by atoms with Crippen LogP contribution in [0.15, 0.2) is 450 Å². The summed E-state index contributed by atoms with van der Waals surface area (Å²) in [6.07, 6.45) is 15.2. The van der Waals surface area contributed by atoms with Crippen LogP contribution in [0.25, 0.3) is 270 Å². The number of hydrogen-bond donors (Lipinski definition) is 0. The Morgan fingerprint density at radius 3 is 1.11 bits per heavy atom. The summed E-state index contributed by atoms with van der Waals surface area (Å²) >= 11 is 0.481. The third kappa shape index (κ3) is 13.0. The summed E-state index contributed by atoms with van der Waals surface area (Å²) in [5, 5.41) is 22.2. The fourth-order valence-corrected chi connectivity index (χ4v) is 29.9. The quantitative estimate of drug-likeness (QED) is 0.141. The Hall–Kier alpha value is -18.4. The van der Waals surface area contributed by atoms with Gasteiger partial charge in [0.25, 0.3) is 0 Å². The predicted molar refractivity (Wildman–Crippen MR) is 621 cm³/mol. The molecule has 0 amide bonds. The molecule has 0 saturated heterocycles. The number of fused-ring (bicyclic) bond motifs is 42. The molecule has 0 unspecified atom stereocenters. The van der Waals surface area contributed by atoms with Crippen molar-refractivity contribution in [2.45, 2.75) is 38.5 Å². The van der Waals surface area contributed by atoms with Gasteiger partial charge in [0.15, 0.2) is 11.6 Å². The zero-order valence-corrected chi connectivity index (χ0v) is 85.2. The summed E-state index contributed by atoms with van der Waals surface area (Å²) in [5.74, 6) is 2.33. The summed E-state index contributed by atoms with van der Waals surface area (Å²) in [5.41, 5.74) is 33.1. The second kappa shape index (κ2) is 34.1. The van der Waals surface area contributed by atoms with E-state index in [4.69, 9.17) is 39.9 Å². The molecule has 0 N–H and O–H groups in total. The van der Waals surface area contributed by atoms with Crippen molar-refractivity contribution < 1.29 is 0 Å². The topological polar surface area (TPSA) is 149 Å². The minimum absolute atomic E-state index is 0.209. The Kier molecular flexibility index (Phi) is 19.8. The Bertz CT molecular complexity index is 10800. The molecule has 16 heteroatoms. The number of aromatic nitrogens is 14. The first-order chi connectivity index (χ1) is 74.1. The van der Waals surface area contributed by atoms with Crippen molar-refractivity contribution >= 4 is 220 Å². The molecule has 2 aliphatic rings. The van der Waals surface area contributed by atoms with Crippen LogP contribution in [-0.2, 0) is 10.8 Å². The zero-order valence-electron chi connectivity index (χ0n) is 81.8. The number of nitrogens with zero attached hydrogens (tertiary/aromatic N) is 14. The van der Waals surface area contributed by atoms with Gasteiger partial charge in [0.1, 0.15) is 5.82 Å². The maximum atomic E-state index is 5.35. The third-order valence-corrected chi connectivity index (χ3v) is 35.9. The first kappa shape index (κ1) is 87.0. The molecule has 14 heterocycles. The molecule has 0 saturated carbocycles. The summed E-state index contributed by atoms with van der Waals surface area (Å²) in [7, 11) is 0. The van der Waals surface area contributed by atoms with Crippen molar-refractivity contribution in [1.29, 1.82) is 0 Å². The summed E-state index contributed by atoms with van der Waals surface area (Å²) in [6.45, 7) is 9.35. The fourth-order valence-electron chi connectivity index (χ4n) is 24.8. The summed E-state index contributed by atoms with van der Waals surface area (Å²) in [6, 6.07) is 142. The number of benzene rings is 17. The van der Waals surface area contributed by atoms with Crippen LogP contribution in [0.1, 0.15) is 49.9 Å². The molecule has 0 spiro atoms. The molecular weight excluding hydrogens is 1960 g/mol. The van der Waals surface area contributed by atoms with Gasteiger partial charge in [-0.2, -0.15) is 0 Å². The van der Waals surface area contributed by atoms with Crippen LogP contribution in [0.4, 0.5) is 0 Å². The second-order valence-electron chi connectivity index (χ2n) is 39.8. The van der Waals surface area contributed by atoms with Gasteiger partial charge >= 0.3 is 356 Å². The van der Waals surface area contributed by atoms with Crippen LogP contribution in [-0.4, -0.2) is 97.1 Å². The standard InChI is InChI=1S/C44H30N4.C38H26N4.2C26H15N3Se/c1-44(2)34-21-11-9-18-30(34)38-39(44)41-32(20-13-25-45-41)37-31-19-10-12-22-36(31)48(42(37)38)29-23-24-35-33(26-29)40(27-14-5-3-6-15-27)47-43(46-35)28-16-7-4-8-17-28;1-38(2)28-19-9-6-15-24(28)32-33(38)34-27(18-12-22-39-34)31-26-17-8-11-21-30(26)42(35(31)32)37-25-16-7-10-20-29(25)40-36(41-37)23-13-4-3-5-14-23;1-3-11-20-17(8-1)22-19-10-6-14-28-24(19)26-23(18-9-2-4-12-21(18)30-26)25(22)29(20)16-7-5-13-27-15-16;1-3-9-20-17(6-1)22-19-8-5-13-28-24(19)26-23(18-7-2-4-10-21(18)30-26)25(22)29(20)16-11-14-27-15-12-16/h3-26H,1-2H3;3-22H,1-2H3;2*1-15H. The first-order valence-corrected chi connectivity index (χ1v) is 54.2. The molecule has 0 aliphatic heterocycles. The van der Waals surface area contributed by atoms with E-state index < -0.39 is 0 Å². The number of rotatable bonds is 7. The van der Waals surface area contributed by atoms with E-state index in [1.165, 1.54) is 181 Å². The van der Waals surface area contributed by atoms with Crippen LogP contribution in [0.5, 0.6) is 0 Å². The van der Waals surface area contributed by atoms with Crippen molar-refractivity contribution in [2.75, 3.05) is 0 Å². The summed E-state index contributed by atoms with van der Waals surface area (Å²) in [4.78, 5) is 49.2. The number of pyridine rings is 6. The van der Waals surface area contributed by atoms with E-state index in [0.29, 0.717) is 0 Å². The van der Waals surface area contributed by atoms with Crippen LogP contribution in [0.3, 0.4) is 0 Å².